The Morgan fingerprint density at radius 1 is 1.17 bits per heavy atom. The summed E-state index contributed by atoms with van der Waals surface area (Å²) in [6, 6.07) is 16.3. The lowest BCUT2D eigenvalue weighted by atomic mass is 10.00. The van der Waals surface area contributed by atoms with E-state index in [0.717, 1.165) is 18.5 Å². The SMILES string of the molecule is COC(CCc1cccc(NC(=O)N(C)C)c1)c1ccc(C)cc1. The normalized spacial score (nSPS) is 11.8. The fourth-order valence-electron chi connectivity index (χ4n) is 2.54. The molecule has 0 bridgehead atoms. The van der Waals surface area contributed by atoms with Crippen LogP contribution in [0.1, 0.15) is 29.2 Å². The largest absolute Gasteiger partial charge is 0.377 e. The lowest BCUT2D eigenvalue weighted by molar-refractivity contribution is 0.0959. The molecule has 0 aliphatic carbocycles. The summed E-state index contributed by atoms with van der Waals surface area (Å²) in [5.41, 5.74) is 4.44. The maximum atomic E-state index is 11.7. The van der Waals surface area contributed by atoms with E-state index in [4.69, 9.17) is 4.74 Å². The smallest absolute Gasteiger partial charge is 0.321 e. The highest BCUT2D eigenvalue weighted by Crippen LogP contribution is 2.23. The third-order valence-electron chi connectivity index (χ3n) is 4.01. The molecule has 128 valence electrons. The molecule has 2 rings (SSSR count). The van der Waals surface area contributed by atoms with Gasteiger partial charge in [-0.3, -0.25) is 0 Å². The van der Waals surface area contributed by atoms with Gasteiger partial charge in [-0.2, -0.15) is 0 Å². The first-order valence-electron chi connectivity index (χ1n) is 8.16. The summed E-state index contributed by atoms with van der Waals surface area (Å²) in [5, 5.41) is 2.88. The fraction of sp³-hybridized carbons (Fsp3) is 0.350. The Labute approximate surface area is 144 Å². The molecule has 0 aliphatic heterocycles. The number of rotatable bonds is 6. The number of hydrogen-bond donors (Lipinski definition) is 1. The van der Waals surface area contributed by atoms with Gasteiger partial charge in [0.2, 0.25) is 0 Å². The number of aryl methyl sites for hydroxylation is 2. The zero-order valence-electron chi connectivity index (χ0n) is 14.9. The van der Waals surface area contributed by atoms with Gasteiger partial charge < -0.3 is 15.0 Å². The Hall–Kier alpha value is -2.33. The zero-order valence-corrected chi connectivity index (χ0v) is 14.9. The average molecular weight is 326 g/mol. The first kappa shape index (κ1) is 18.0. The molecule has 1 N–H and O–H groups in total. The van der Waals surface area contributed by atoms with Crippen molar-refractivity contribution in [2.24, 2.45) is 0 Å². The predicted molar refractivity (Wildman–Crippen MR) is 98.4 cm³/mol. The highest BCUT2D eigenvalue weighted by atomic mass is 16.5. The lowest BCUT2D eigenvalue weighted by Gasteiger charge is -2.17. The molecule has 0 fully saturated rings. The van der Waals surface area contributed by atoms with Crippen molar-refractivity contribution in [2.45, 2.75) is 25.9 Å². The van der Waals surface area contributed by atoms with Crippen molar-refractivity contribution in [1.82, 2.24) is 4.90 Å². The van der Waals surface area contributed by atoms with Crippen molar-refractivity contribution in [3.05, 3.63) is 65.2 Å². The maximum absolute atomic E-state index is 11.7. The molecule has 2 aromatic rings. The number of amides is 2. The third-order valence-corrected chi connectivity index (χ3v) is 4.01. The molecule has 0 saturated heterocycles. The number of ether oxygens (including phenoxy) is 1. The van der Waals surface area contributed by atoms with Crippen molar-refractivity contribution < 1.29 is 9.53 Å². The molecule has 0 radical (unpaired) electrons. The summed E-state index contributed by atoms with van der Waals surface area (Å²) < 4.78 is 5.65. The van der Waals surface area contributed by atoms with Crippen molar-refractivity contribution in [3.63, 3.8) is 0 Å². The van der Waals surface area contributed by atoms with E-state index in [1.165, 1.54) is 21.6 Å². The first-order chi connectivity index (χ1) is 11.5. The van der Waals surface area contributed by atoms with Gasteiger partial charge >= 0.3 is 6.03 Å². The van der Waals surface area contributed by atoms with Crippen LogP contribution in [0, 0.1) is 6.92 Å². The first-order valence-corrected chi connectivity index (χ1v) is 8.16. The van der Waals surface area contributed by atoms with Crippen LogP contribution in [0.3, 0.4) is 0 Å². The van der Waals surface area contributed by atoms with Crippen LogP contribution in [-0.2, 0) is 11.2 Å². The molecule has 4 nitrogen and oxygen atoms in total. The van der Waals surface area contributed by atoms with Crippen molar-refractivity contribution >= 4 is 11.7 Å². The van der Waals surface area contributed by atoms with E-state index in [-0.39, 0.29) is 12.1 Å². The van der Waals surface area contributed by atoms with Crippen molar-refractivity contribution in [1.29, 1.82) is 0 Å². The third kappa shape index (κ3) is 5.10. The highest BCUT2D eigenvalue weighted by Gasteiger charge is 2.11. The van der Waals surface area contributed by atoms with Crippen LogP contribution in [0.4, 0.5) is 10.5 Å². The van der Waals surface area contributed by atoms with Crippen LogP contribution < -0.4 is 5.32 Å². The molecular formula is C20H26N2O2. The predicted octanol–water partition coefficient (Wildman–Crippen LogP) is 4.41. The minimum Gasteiger partial charge on any atom is -0.377 e. The molecule has 1 unspecified atom stereocenters. The standard InChI is InChI=1S/C20H26N2O2/c1-15-8-11-17(12-9-15)19(24-4)13-10-16-6-5-7-18(14-16)21-20(23)22(2)3/h5-9,11-12,14,19H,10,13H2,1-4H3,(H,21,23). The highest BCUT2D eigenvalue weighted by molar-refractivity contribution is 5.88. The van der Waals surface area contributed by atoms with Crippen LogP contribution in [0.5, 0.6) is 0 Å². The van der Waals surface area contributed by atoms with Crippen LogP contribution in [0.25, 0.3) is 0 Å². The number of anilines is 1. The molecule has 4 heteroatoms. The maximum Gasteiger partial charge on any atom is 0.321 e. The molecule has 0 spiro atoms. The van der Waals surface area contributed by atoms with Crippen LogP contribution in [0.15, 0.2) is 48.5 Å². The zero-order chi connectivity index (χ0) is 17.5. The molecular weight excluding hydrogens is 300 g/mol. The van der Waals surface area contributed by atoms with Gasteiger partial charge in [0.05, 0.1) is 6.10 Å². The molecule has 0 aromatic heterocycles. The number of carbonyl (C=O) groups excluding carboxylic acids is 1. The Balaban J connectivity index is 2.00. The lowest BCUT2D eigenvalue weighted by Crippen LogP contribution is -2.27. The van der Waals surface area contributed by atoms with Gasteiger partial charge in [-0.25, -0.2) is 4.79 Å². The van der Waals surface area contributed by atoms with E-state index < -0.39 is 0 Å². The molecule has 2 aromatic carbocycles. The number of urea groups is 1. The number of benzene rings is 2. The number of hydrogen-bond acceptors (Lipinski definition) is 2. The molecule has 0 heterocycles. The second-order valence-corrected chi connectivity index (χ2v) is 6.20. The van der Waals surface area contributed by atoms with Crippen molar-refractivity contribution in [2.75, 3.05) is 26.5 Å². The Morgan fingerprint density at radius 3 is 2.50 bits per heavy atom. The van der Waals surface area contributed by atoms with Gasteiger partial charge in [-0.1, -0.05) is 42.0 Å². The second kappa shape index (κ2) is 8.50. The van der Waals surface area contributed by atoms with E-state index in [0.29, 0.717) is 0 Å². The van der Waals surface area contributed by atoms with E-state index >= 15 is 0 Å². The molecule has 1 atom stereocenters. The Morgan fingerprint density at radius 2 is 1.88 bits per heavy atom. The summed E-state index contributed by atoms with van der Waals surface area (Å²) in [4.78, 5) is 13.3. The molecule has 24 heavy (non-hydrogen) atoms. The summed E-state index contributed by atoms with van der Waals surface area (Å²) >= 11 is 0. The second-order valence-electron chi connectivity index (χ2n) is 6.20. The van der Waals surface area contributed by atoms with E-state index in [1.54, 1.807) is 21.2 Å². The minimum atomic E-state index is -0.124. The van der Waals surface area contributed by atoms with Crippen LogP contribution in [0.2, 0.25) is 0 Å². The minimum absolute atomic E-state index is 0.0747. The van der Waals surface area contributed by atoms with E-state index in [1.807, 2.05) is 18.2 Å². The van der Waals surface area contributed by atoms with Gasteiger partial charge in [0.25, 0.3) is 0 Å². The van der Waals surface area contributed by atoms with Gasteiger partial charge in [0.15, 0.2) is 0 Å². The monoisotopic (exact) mass is 326 g/mol. The molecule has 0 saturated carbocycles. The Kier molecular flexibility index (Phi) is 6.38. The summed E-state index contributed by atoms with van der Waals surface area (Å²) in [7, 11) is 5.20. The van der Waals surface area contributed by atoms with Gasteiger partial charge in [0.1, 0.15) is 0 Å². The Bertz CT molecular complexity index is 666. The van der Waals surface area contributed by atoms with Crippen molar-refractivity contribution in [3.8, 4) is 0 Å². The number of methoxy groups -OCH3 is 1. The van der Waals surface area contributed by atoms with Crippen LogP contribution in [-0.4, -0.2) is 32.1 Å². The van der Waals surface area contributed by atoms with Gasteiger partial charge in [0, 0.05) is 26.9 Å². The summed E-state index contributed by atoms with van der Waals surface area (Å²) in [6.45, 7) is 2.08. The van der Waals surface area contributed by atoms with Crippen LogP contribution >= 0.6 is 0 Å². The average Bonchev–Trinajstić information content (AvgIpc) is 2.57. The van der Waals surface area contributed by atoms with E-state index in [2.05, 4.69) is 42.6 Å². The summed E-state index contributed by atoms with van der Waals surface area (Å²) in [6.07, 6.45) is 1.86. The number of nitrogens with one attached hydrogen (secondary N) is 1. The molecule has 2 amide bonds. The topological polar surface area (TPSA) is 41.6 Å². The van der Waals surface area contributed by atoms with Gasteiger partial charge in [-0.15, -0.1) is 0 Å². The van der Waals surface area contributed by atoms with E-state index in [9.17, 15) is 4.79 Å². The number of carbonyl (C=O) groups is 1. The number of nitrogens with zero attached hydrogens (tertiary/aromatic N) is 1. The fourth-order valence-corrected chi connectivity index (χ4v) is 2.54. The quantitative estimate of drug-likeness (QED) is 0.854. The molecule has 0 aliphatic rings. The summed E-state index contributed by atoms with van der Waals surface area (Å²) in [5.74, 6) is 0. The van der Waals surface area contributed by atoms with Gasteiger partial charge in [-0.05, 0) is 43.0 Å².